The van der Waals surface area contributed by atoms with Gasteiger partial charge in [-0.05, 0) is 37.8 Å². The van der Waals surface area contributed by atoms with Crippen LogP contribution in [-0.2, 0) is 0 Å². The Morgan fingerprint density at radius 1 is 1.25 bits per heavy atom. The van der Waals surface area contributed by atoms with Crippen LogP contribution in [0.2, 0.25) is 0 Å². The van der Waals surface area contributed by atoms with Crippen LogP contribution in [-0.4, -0.2) is 29.3 Å². The van der Waals surface area contributed by atoms with Crippen molar-refractivity contribution in [3.8, 4) is 0 Å². The highest BCUT2D eigenvalue weighted by Crippen LogP contribution is 2.33. The van der Waals surface area contributed by atoms with Gasteiger partial charge in [0.15, 0.2) is 0 Å². The standard InChI is InChI=1S/C16H19BrN2O/c17-15-6-3-5-14-13(15)7-9-18-16(14)19-10-2-1-4-12(19)8-11-20/h3,5-7,9,12,20H,1-2,4,8,10-11H2. The van der Waals surface area contributed by atoms with Gasteiger partial charge in [0, 0.05) is 40.6 Å². The Morgan fingerprint density at radius 2 is 2.15 bits per heavy atom. The molecule has 1 atom stereocenters. The summed E-state index contributed by atoms with van der Waals surface area (Å²) in [6.07, 6.45) is 6.30. The van der Waals surface area contributed by atoms with Crippen molar-refractivity contribution in [2.45, 2.75) is 31.7 Å². The first-order valence-electron chi connectivity index (χ1n) is 7.22. The number of rotatable bonds is 3. The van der Waals surface area contributed by atoms with Gasteiger partial charge in [0.2, 0.25) is 0 Å². The number of hydrogen-bond acceptors (Lipinski definition) is 3. The first-order valence-corrected chi connectivity index (χ1v) is 8.01. The Kier molecular flexibility index (Phi) is 4.22. The number of aromatic nitrogens is 1. The maximum atomic E-state index is 9.29. The van der Waals surface area contributed by atoms with E-state index in [-0.39, 0.29) is 6.61 Å². The number of aliphatic hydroxyl groups is 1. The van der Waals surface area contributed by atoms with Crippen LogP contribution in [0.25, 0.3) is 10.8 Å². The predicted molar refractivity (Wildman–Crippen MR) is 86.1 cm³/mol. The Morgan fingerprint density at radius 3 is 3.00 bits per heavy atom. The second-order valence-electron chi connectivity index (χ2n) is 5.32. The smallest absolute Gasteiger partial charge is 0.136 e. The van der Waals surface area contributed by atoms with Crippen molar-refractivity contribution in [2.75, 3.05) is 18.1 Å². The van der Waals surface area contributed by atoms with E-state index in [1.54, 1.807) is 0 Å². The summed E-state index contributed by atoms with van der Waals surface area (Å²) in [6.45, 7) is 1.28. The summed E-state index contributed by atoms with van der Waals surface area (Å²) in [7, 11) is 0. The number of pyridine rings is 1. The molecule has 0 saturated carbocycles. The Labute approximate surface area is 127 Å². The van der Waals surface area contributed by atoms with E-state index in [0.717, 1.165) is 29.7 Å². The van der Waals surface area contributed by atoms with Gasteiger partial charge in [0.25, 0.3) is 0 Å². The number of aliphatic hydroxyl groups excluding tert-OH is 1. The van der Waals surface area contributed by atoms with Gasteiger partial charge in [0.1, 0.15) is 5.82 Å². The van der Waals surface area contributed by atoms with Gasteiger partial charge in [0.05, 0.1) is 0 Å². The van der Waals surface area contributed by atoms with Gasteiger partial charge in [-0.15, -0.1) is 0 Å². The molecule has 3 rings (SSSR count). The van der Waals surface area contributed by atoms with Crippen molar-refractivity contribution >= 4 is 32.5 Å². The summed E-state index contributed by atoms with van der Waals surface area (Å²) in [4.78, 5) is 7.01. The molecule has 1 aromatic carbocycles. The molecule has 1 aliphatic heterocycles. The quantitative estimate of drug-likeness (QED) is 0.928. The van der Waals surface area contributed by atoms with Crippen molar-refractivity contribution < 1.29 is 5.11 Å². The van der Waals surface area contributed by atoms with Gasteiger partial charge in [-0.1, -0.05) is 28.1 Å². The molecule has 1 aliphatic rings. The van der Waals surface area contributed by atoms with Crippen molar-refractivity contribution in [2.24, 2.45) is 0 Å². The van der Waals surface area contributed by atoms with Crippen LogP contribution in [0.15, 0.2) is 34.9 Å². The maximum absolute atomic E-state index is 9.29. The van der Waals surface area contributed by atoms with E-state index in [2.05, 4.69) is 44.0 Å². The molecule has 0 bridgehead atoms. The second kappa shape index (κ2) is 6.10. The molecular formula is C16H19BrN2O. The van der Waals surface area contributed by atoms with Crippen molar-refractivity contribution in [3.63, 3.8) is 0 Å². The van der Waals surface area contributed by atoms with Crippen LogP contribution in [0.5, 0.6) is 0 Å². The van der Waals surface area contributed by atoms with Crippen molar-refractivity contribution in [3.05, 3.63) is 34.9 Å². The number of anilines is 1. The zero-order chi connectivity index (χ0) is 13.9. The number of benzene rings is 1. The fraction of sp³-hybridized carbons (Fsp3) is 0.438. The molecule has 106 valence electrons. The molecule has 1 unspecified atom stereocenters. The second-order valence-corrected chi connectivity index (χ2v) is 6.18. The molecule has 4 heteroatoms. The third-order valence-electron chi connectivity index (χ3n) is 4.09. The monoisotopic (exact) mass is 334 g/mol. The molecule has 0 radical (unpaired) electrons. The summed E-state index contributed by atoms with van der Waals surface area (Å²) < 4.78 is 1.11. The van der Waals surface area contributed by atoms with Crippen LogP contribution in [0.1, 0.15) is 25.7 Å². The zero-order valence-electron chi connectivity index (χ0n) is 11.4. The molecule has 1 fully saturated rings. The molecule has 20 heavy (non-hydrogen) atoms. The van der Waals surface area contributed by atoms with Crippen LogP contribution in [0.3, 0.4) is 0 Å². The lowest BCUT2D eigenvalue weighted by Gasteiger charge is -2.37. The third-order valence-corrected chi connectivity index (χ3v) is 4.78. The van der Waals surface area contributed by atoms with Crippen LogP contribution < -0.4 is 4.90 Å². The first kappa shape index (κ1) is 13.8. The summed E-state index contributed by atoms with van der Waals surface area (Å²) in [5.74, 6) is 1.06. The normalized spacial score (nSPS) is 19.5. The van der Waals surface area contributed by atoms with Crippen LogP contribution >= 0.6 is 15.9 Å². The van der Waals surface area contributed by atoms with Crippen molar-refractivity contribution in [1.82, 2.24) is 4.98 Å². The van der Waals surface area contributed by atoms with E-state index in [9.17, 15) is 5.11 Å². The molecule has 3 nitrogen and oxygen atoms in total. The van der Waals surface area contributed by atoms with Crippen molar-refractivity contribution in [1.29, 1.82) is 0 Å². The number of nitrogens with zero attached hydrogens (tertiary/aromatic N) is 2. The Bertz CT molecular complexity index is 600. The molecule has 1 aromatic heterocycles. The predicted octanol–water partition coefficient (Wildman–Crippen LogP) is 3.74. The van der Waals surface area contributed by atoms with Gasteiger partial charge in [-0.3, -0.25) is 0 Å². The van der Waals surface area contributed by atoms with Crippen LogP contribution in [0, 0.1) is 0 Å². The fourth-order valence-corrected chi connectivity index (χ4v) is 3.61. The minimum absolute atomic E-state index is 0.246. The maximum Gasteiger partial charge on any atom is 0.136 e. The van der Waals surface area contributed by atoms with Gasteiger partial charge in [-0.25, -0.2) is 4.98 Å². The highest BCUT2D eigenvalue weighted by atomic mass is 79.9. The molecular weight excluding hydrogens is 316 g/mol. The zero-order valence-corrected chi connectivity index (χ0v) is 13.0. The van der Waals surface area contributed by atoms with E-state index in [1.165, 1.54) is 23.6 Å². The Hall–Kier alpha value is -1.13. The molecule has 2 aromatic rings. The topological polar surface area (TPSA) is 36.4 Å². The van der Waals surface area contributed by atoms with Gasteiger partial charge < -0.3 is 10.0 Å². The van der Waals surface area contributed by atoms with E-state index in [1.807, 2.05) is 12.3 Å². The van der Waals surface area contributed by atoms with E-state index < -0.39 is 0 Å². The summed E-state index contributed by atoms with van der Waals surface area (Å²) >= 11 is 3.61. The fourth-order valence-electron chi connectivity index (χ4n) is 3.11. The summed E-state index contributed by atoms with van der Waals surface area (Å²) in [5, 5.41) is 11.7. The minimum atomic E-state index is 0.246. The number of piperidine rings is 1. The highest BCUT2D eigenvalue weighted by Gasteiger charge is 2.24. The van der Waals surface area contributed by atoms with E-state index >= 15 is 0 Å². The van der Waals surface area contributed by atoms with Crippen LogP contribution in [0.4, 0.5) is 5.82 Å². The van der Waals surface area contributed by atoms with Gasteiger partial charge >= 0.3 is 0 Å². The summed E-state index contributed by atoms with van der Waals surface area (Å²) in [5.41, 5.74) is 0. The van der Waals surface area contributed by atoms with E-state index in [4.69, 9.17) is 0 Å². The van der Waals surface area contributed by atoms with Gasteiger partial charge in [-0.2, -0.15) is 0 Å². The molecule has 1 N–H and O–H groups in total. The molecule has 1 saturated heterocycles. The van der Waals surface area contributed by atoms with E-state index in [0.29, 0.717) is 6.04 Å². The SMILES string of the molecule is OCCC1CCCCN1c1nccc2c(Br)cccc12. The summed E-state index contributed by atoms with van der Waals surface area (Å²) in [6, 6.07) is 8.71. The average molecular weight is 335 g/mol. The third kappa shape index (κ3) is 2.54. The first-order chi connectivity index (χ1) is 9.81. The number of fused-ring (bicyclic) bond motifs is 1. The average Bonchev–Trinajstić information content (AvgIpc) is 2.48. The number of halogens is 1. The Balaban J connectivity index is 2.06. The highest BCUT2D eigenvalue weighted by molar-refractivity contribution is 9.10. The minimum Gasteiger partial charge on any atom is -0.396 e. The molecule has 0 amide bonds. The molecule has 0 aliphatic carbocycles. The molecule has 0 spiro atoms. The lowest BCUT2D eigenvalue weighted by Crippen LogP contribution is -2.40. The number of hydrogen-bond donors (Lipinski definition) is 1. The largest absolute Gasteiger partial charge is 0.396 e. The lowest BCUT2D eigenvalue weighted by atomic mass is 9.99. The molecule has 2 heterocycles. The lowest BCUT2D eigenvalue weighted by molar-refractivity contribution is 0.262.